The Balaban J connectivity index is 2.15. The van der Waals surface area contributed by atoms with Crippen LogP contribution in [0.15, 0.2) is 5.16 Å². The highest BCUT2D eigenvalue weighted by Crippen LogP contribution is 2.33. The standard InChI is InChI=1S/C13H21N3O2S/c1-2-8-16-12(10-6-4-3-5-7-10)14-15-13(16)19-9-11(17)18/h10H,2-9H2,1H3,(H,17,18). The fourth-order valence-corrected chi connectivity index (χ4v) is 3.32. The molecule has 0 spiro atoms. The lowest BCUT2D eigenvalue weighted by atomic mass is 9.88. The predicted molar refractivity (Wildman–Crippen MR) is 74.5 cm³/mol. The molecule has 1 N–H and O–H groups in total. The number of nitrogens with zero attached hydrogens (tertiary/aromatic N) is 3. The van der Waals surface area contributed by atoms with Crippen molar-refractivity contribution in [2.45, 2.75) is 63.1 Å². The summed E-state index contributed by atoms with van der Waals surface area (Å²) in [7, 11) is 0. The van der Waals surface area contributed by atoms with E-state index in [1.54, 1.807) is 0 Å². The second kappa shape index (κ2) is 6.93. The van der Waals surface area contributed by atoms with Gasteiger partial charge < -0.3 is 9.67 Å². The number of carboxylic acid groups (broad SMARTS) is 1. The van der Waals surface area contributed by atoms with E-state index in [0.29, 0.717) is 5.92 Å². The summed E-state index contributed by atoms with van der Waals surface area (Å²) in [6, 6.07) is 0. The Hall–Kier alpha value is -1.04. The molecule has 0 atom stereocenters. The van der Waals surface area contributed by atoms with Crippen LogP contribution < -0.4 is 0 Å². The smallest absolute Gasteiger partial charge is 0.313 e. The van der Waals surface area contributed by atoms with Gasteiger partial charge in [-0.1, -0.05) is 37.9 Å². The summed E-state index contributed by atoms with van der Waals surface area (Å²) in [4.78, 5) is 10.7. The second-order valence-electron chi connectivity index (χ2n) is 5.01. The minimum absolute atomic E-state index is 0.0481. The van der Waals surface area contributed by atoms with Gasteiger partial charge in [-0.3, -0.25) is 4.79 Å². The van der Waals surface area contributed by atoms with Gasteiger partial charge in [0.15, 0.2) is 5.16 Å². The average Bonchev–Trinajstić information content (AvgIpc) is 2.81. The Morgan fingerprint density at radius 3 is 2.74 bits per heavy atom. The van der Waals surface area contributed by atoms with E-state index in [4.69, 9.17) is 5.11 Å². The van der Waals surface area contributed by atoms with Gasteiger partial charge >= 0.3 is 5.97 Å². The van der Waals surface area contributed by atoms with Crippen LogP contribution in [0.2, 0.25) is 0 Å². The molecule has 0 radical (unpaired) electrons. The molecule has 0 amide bonds. The first-order valence-electron chi connectivity index (χ1n) is 7.00. The zero-order chi connectivity index (χ0) is 13.7. The van der Waals surface area contributed by atoms with E-state index in [0.717, 1.165) is 23.9 Å². The monoisotopic (exact) mass is 283 g/mol. The Bertz CT molecular complexity index is 428. The summed E-state index contributed by atoms with van der Waals surface area (Å²) in [5.41, 5.74) is 0. The molecule has 1 saturated carbocycles. The molecule has 1 aromatic rings. The molecule has 6 heteroatoms. The lowest BCUT2D eigenvalue weighted by molar-refractivity contribution is -0.133. The average molecular weight is 283 g/mol. The van der Waals surface area contributed by atoms with Crippen molar-refractivity contribution in [2.24, 2.45) is 0 Å². The van der Waals surface area contributed by atoms with Crippen LogP contribution in [0.25, 0.3) is 0 Å². The highest BCUT2D eigenvalue weighted by Gasteiger charge is 2.23. The molecular formula is C13H21N3O2S. The SMILES string of the molecule is CCCn1c(SCC(=O)O)nnc1C1CCCCC1. The molecule has 19 heavy (non-hydrogen) atoms. The van der Waals surface area contributed by atoms with E-state index in [9.17, 15) is 4.79 Å². The number of hydrogen-bond donors (Lipinski definition) is 1. The van der Waals surface area contributed by atoms with Crippen LogP contribution in [0.5, 0.6) is 0 Å². The molecule has 1 aromatic heterocycles. The molecule has 1 heterocycles. The maximum absolute atomic E-state index is 10.7. The van der Waals surface area contributed by atoms with Gasteiger partial charge in [0.25, 0.3) is 0 Å². The van der Waals surface area contributed by atoms with Crippen LogP contribution in [0, 0.1) is 0 Å². The molecule has 2 rings (SSSR count). The zero-order valence-electron chi connectivity index (χ0n) is 11.3. The van der Waals surface area contributed by atoms with Gasteiger partial charge in [-0.15, -0.1) is 10.2 Å². The van der Waals surface area contributed by atoms with Crippen molar-refractivity contribution in [1.29, 1.82) is 0 Å². The van der Waals surface area contributed by atoms with Crippen LogP contribution in [0.1, 0.15) is 57.2 Å². The van der Waals surface area contributed by atoms with Gasteiger partial charge in [-0.2, -0.15) is 0 Å². The first-order chi connectivity index (χ1) is 9.22. The van der Waals surface area contributed by atoms with E-state index in [1.807, 2.05) is 0 Å². The zero-order valence-corrected chi connectivity index (χ0v) is 12.2. The van der Waals surface area contributed by atoms with E-state index < -0.39 is 5.97 Å². The van der Waals surface area contributed by atoms with Crippen LogP contribution in [0.3, 0.4) is 0 Å². The number of rotatable bonds is 6. The number of aromatic nitrogens is 3. The van der Waals surface area contributed by atoms with E-state index in [2.05, 4.69) is 21.7 Å². The van der Waals surface area contributed by atoms with Gasteiger partial charge in [0.05, 0.1) is 5.75 Å². The summed E-state index contributed by atoms with van der Waals surface area (Å²) >= 11 is 1.27. The molecule has 0 aliphatic heterocycles. The largest absolute Gasteiger partial charge is 0.481 e. The molecule has 106 valence electrons. The van der Waals surface area contributed by atoms with E-state index in [1.165, 1.54) is 43.9 Å². The van der Waals surface area contributed by atoms with Crippen LogP contribution in [-0.2, 0) is 11.3 Å². The highest BCUT2D eigenvalue weighted by molar-refractivity contribution is 7.99. The maximum atomic E-state index is 10.7. The second-order valence-corrected chi connectivity index (χ2v) is 5.95. The number of carbonyl (C=O) groups is 1. The highest BCUT2D eigenvalue weighted by atomic mass is 32.2. The molecule has 0 saturated heterocycles. The third-order valence-corrected chi connectivity index (χ3v) is 4.44. The Labute approximate surface area is 117 Å². The van der Waals surface area contributed by atoms with Crippen molar-refractivity contribution in [3.05, 3.63) is 5.82 Å². The Morgan fingerprint density at radius 1 is 1.37 bits per heavy atom. The summed E-state index contributed by atoms with van der Waals surface area (Å²) in [6.45, 7) is 3.00. The molecule has 1 aliphatic rings. The lowest BCUT2D eigenvalue weighted by Crippen LogP contribution is -2.13. The molecule has 5 nitrogen and oxygen atoms in total. The Kier molecular flexibility index (Phi) is 5.24. The van der Waals surface area contributed by atoms with Gasteiger partial charge in [-0.05, 0) is 19.3 Å². The first kappa shape index (κ1) is 14.4. The van der Waals surface area contributed by atoms with Crippen molar-refractivity contribution in [2.75, 3.05) is 5.75 Å². The third-order valence-electron chi connectivity index (χ3n) is 3.49. The number of carboxylic acids is 1. The number of aliphatic carboxylic acids is 1. The van der Waals surface area contributed by atoms with E-state index in [-0.39, 0.29) is 5.75 Å². The third kappa shape index (κ3) is 3.72. The molecule has 0 unspecified atom stereocenters. The predicted octanol–water partition coefficient (Wildman–Crippen LogP) is 2.91. The van der Waals surface area contributed by atoms with Crippen molar-refractivity contribution in [1.82, 2.24) is 14.8 Å². The summed E-state index contributed by atoms with van der Waals surface area (Å²) in [5.74, 6) is 0.809. The van der Waals surface area contributed by atoms with Crippen molar-refractivity contribution >= 4 is 17.7 Å². The molecule has 1 aliphatic carbocycles. The number of hydrogen-bond acceptors (Lipinski definition) is 4. The minimum atomic E-state index is -0.810. The van der Waals surface area contributed by atoms with Gasteiger partial charge in [0, 0.05) is 12.5 Å². The fourth-order valence-electron chi connectivity index (χ4n) is 2.63. The van der Waals surface area contributed by atoms with Crippen LogP contribution in [0.4, 0.5) is 0 Å². The fraction of sp³-hybridized carbons (Fsp3) is 0.769. The van der Waals surface area contributed by atoms with Crippen LogP contribution in [-0.4, -0.2) is 31.6 Å². The lowest BCUT2D eigenvalue weighted by Gasteiger charge is -2.21. The van der Waals surface area contributed by atoms with Crippen LogP contribution >= 0.6 is 11.8 Å². The van der Waals surface area contributed by atoms with Crippen molar-refractivity contribution < 1.29 is 9.90 Å². The molecule has 0 bridgehead atoms. The molecular weight excluding hydrogens is 262 g/mol. The minimum Gasteiger partial charge on any atom is -0.481 e. The van der Waals surface area contributed by atoms with E-state index >= 15 is 0 Å². The Morgan fingerprint density at radius 2 is 2.11 bits per heavy atom. The molecule has 1 fully saturated rings. The van der Waals surface area contributed by atoms with Crippen molar-refractivity contribution in [3.8, 4) is 0 Å². The summed E-state index contributed by atoms with van der Waals surface area (Å²) in [5, 5.41) is 18.1. The quantitative estimate of drug-likeness (QED) is 0.813. The van der Waals surface area contributed by atoms with Gasteiger partial charge in [0.2, 0.25) is 0 Å². The van der Waals surface area contributed by atoms with Gasteiger partial charge in [-0.25, -0.2) is 0 Å². The first-order valence-corrected chi connectivity index (χ1v) is 7.98. The van der Waals surface area contributed by atoms with Gasteiger partial charge in [0.1, 0.15) is 5.82 Å². The molecule has 0 aromatic carbocycles. The number of thioether (sulfide) groups is 1. The maximum Gasteiger partial charge on any atom is 0.313 e. The summed E-state index contributed by atoms with van der Waals surface area (Å²) < 4.78 is 2.13. The normalized spacial score (nSPS) is 16.7. The summed E-state index contributed by atoms with van der Waals surface area (Å²) in [6.07, 6.45) is 7.23. The topological polar surface area (TPSA) is 68.0 Å². The van der Waals surface area contributed by atoms with Crippen molar-refractivity contribution in [3.63, 3.8) is 0 Å².